The van der Waals surface area contributed by atoms with Crippen LogP contribution >= 0.6 is 0 Å². The van der Waals surface area contributed by atoms with Gasteiger partial charge in [-0.05, 0) is 23.3 Å². The molecule has 4 rings (SSSR count). The molecule has 0 bridgehead atoms. The van der Waals surface area contributed by atoms with E-state index in [2.05, 4.69) is 4.98 Å². The largest absolute Gasteiger partial charge is 0.422 e. The minimum absolute atomic E-state index is 0.0531. The van der Waals surface area contributed by atoms with Crippen molar-refractivity contribution in [1.29, 1.82) is 0 Å². The van der Waals surface area contributed by atoms with E-state index in [9.17, 15) is 9.59 Å². The highest BCUT2D eigenvalue weighted by molar-refractivity contribution is 5.95. The van der Waals surface area contributed by atoms with Gasteiger partial charge in [0.1, 0.15) is 5.75 Å². The van der Waals surface area contributed by atoms with Gasteiger partial charge in [0, 0.05) is 5.56 Å². The van der Waals surface area contributed by atoms with Gasteiger partial charge in [-0.25, -0.2) is 9.78 Å². The Morgan fingerprint density at radius 1 is 0.800 bits per heavy atom. The third kappa shape index (κ3) is 4.64. The van der Waals surface area contributed by atoms with E-state index in [1.807, 2.05) is 60.7 Å². The summed E-state index contributed by atoms with van der Waals surface area (Å²) in [5, 5.41) is 0. The van der Waals surface area contributed by atoms with Gasteiger partial charge in [-0.1, -0.05) is 72.8 Å². The van der Waals surface area contributed by atoms with E-state index >= 15 is 0 Å². The van der Waals surface area contributed by atoms with Crippen molar-refractivity contribution in [2.75, 3.05) is 0 Å². The smallest absolute Gasteiger partial charge is 0.368 e. The van der Waals surface area contributed by atoms with Gasteiger partial charge in [0.25, 0.3) is 0 Å². The summed E-state index contributed by atoms with van der Waals surface area (Å²) >= 11 is 0. The molecule has 0 saturated heterocycles. The number of Topliss-reactive ketones (excluding diaryl/α,β-unsaturated/α-hetero) is 1. The molecule has 1 aromatic heterocycles. The zero-order chi connectivity index (χ0) is 20.8. The molecule has 0 radical (unpaired) electrons. The number of ether oxygens (including phenoxy) is 1. The lowest BCUT2D eigenvalue weighted by Gasteiger charge is -2.05. The molecule has 146 valence electrons. The maximum atomic E-state index is 12.5. The summed E-state index contributed by atoms with van der Waals surface area (Å²) in [7, 11) is 0. The van der Waals surface area contributed by atoms with Gasteiger partial charge in [-0.2, -0.15) is 4.57 Å². The lowest BCUT2D eigenvalue weighted by atomic mass is 10.1. The number of ketones is 1. The topological polar surface area (TPSA) is 60.1 Å². The Balaban J connectivity index is 1.44. The van der Waals surface area contributed by atoms with Crippen molar-refractivity contribution in [2.24, 2.45) is 0 Å². The van der Waals surface area contributed by atoms with Gasteiger partial charge in [0.2, 0.25) is 24.2 Å². The highest BCUT2D eigenvalue weighted by atomic mass is 16.5. The van der Waals surface area contributed by atoms with Crippen LogP contribution in [0, 0.1) is 0 Å². The van der Waals surface area contributed by atoms with Crippen LogP contribution < -0.4 is 9.30 Å². The van der Waals surface area contributed by atoms with Crippen LogP contribution in [0.4, 0.5) is 0 Å². The van der Waals surface area contributed by atoms with Crippen molar-refractivity contribution in [1.82, 2.24) is 4.98 Å². The summed E-state index contributed by atoms with van der Waals surface area (Å²) in [5.74, 6) is -0.205. The van der Waals surface area contributed by atoms with Gasteiger partial charge in [0.15, 0.2) is 6.20 Å². The number of esters is 1. The summed E-state index contributed by atoms with van der Waals surface area (Å²) in [6, 6.07) is 26.3. The zero-order valence-corrected chi connectivity index (χ0v) is 16.1. The number of carbonyl (C=O) groups is 2. The van der Waals surface area contributed by atoms with Gasteiger partial charge < -0.3 is 4.74 Å². The third-order valence-corrected chi connectivity index (χ3v) is 4.56. The Morgan fingerprint density at radius 3 is 2.13 bits per heavy atom. The fourth-order valence-corrected chi connectivity index (χ4v) is 3.02. The predicted molar refractivity (Wildman–Crippen MR) is 112 cm³/mol. The first kappa shape index (κ1) is 19.2. The van der Waals surface area contributed by atoms with Crippen LogP contribution in [0.5, 0.6) is 5.75 Å². The number of hydrogen-bond acceptors (Lipinski definition) is 4. The molecule has 1 heterocycles. The molecule has 0 fully saturated rings. The molecule has 0 unspecified atom stereocenters. The number of rotatable bonds is 6. The SMILES string of the molecule is O=C(C[n+]1ccnc(C(=O)Oc2ccc(-c3ccccc3)cc2)c1)c1ccccc1. The van der Waals surface area contributed by atoms with Crippen LogP contribution in [0.1, 0.15) is 20.8 Å². The van der Waals surface area contributed by atoms with Gasteiger partial charge in [0.05, 0.1) is 6.20 Å². The molecule has 5 nitrogen and oxygen atoms in total. The standard InChI is InChI=1S/C25H19N2O3/c28-24(21-9-5-2-6-10-21)18-27-16-15-26-23(17-27)25(29)30-22-13-11-20(12-14-22)19-7-3-1-4-8-19/h1-17H,18H2/q+1. The molecule has 5 heteroatoms. The molecule has 0 N–H and O–H groups in total. The minimum atomic E-state index is -0.580. The normalized spacial score (nSPS) is 10.4. The number of benzene rings is 3. The molecule has 3 aromatic carbocycles. The van der Waals surface area contributed by atoms with E-state index < -0.39 is 5.97 Å². The van der Waals surface area contributed by atoms with Crippen molar-refractivity contribution < 1.29 is 18.9 Å². The number of nitrogens with zero attached hydrogens (tertiary/aromatic N) is 2. The van der Waals surface area contributed by atoms with Crippen molar-refractivity contribution >= 4 is 11.8 Å². The molecule has 0 atom stereocenters. The van der Waals surface area contributed by atoms with Crippen LogP contribution in [0.25, 0.3) is 11.1 Å². The quantitative estimate of drug-likeness (QED) is 0.213. The molecule has 30 heavy (non-hydrogen) atoms. The monoisotopic (exact) mass is 395 g/mol. The van der Waals surface area contributed by atoms with E-state index in [0.29, 0.717) is 11.3 Å². The van der Waals surface area contributed by atoms with Crippen LogP contribution in [0.2, 0.25) is 0 Å². The Kier molecular flexibility index (Phi) is 5.71. The highest BCUT2D eigenvalue weighted by Crippen LogP contribution is 2.22. The fourth-order valence-electron chi connectivity index (χ4n) is 3.02. The summed E-state index contributed by atoms with van der Waals surface area (Å²) in [6.07, 6.45) is 4.64. The molecule has 4 aromatic rings. The second-order valence-corrected chi connectivity index (χ2v) is 6.68. The van der Waals surface area contributed by atoms with Gasteiger partial charge in [-0.15, -0.1) is 0 Å². The maximum Gasteiger partial charge on any atom is 0.368 e. The summed E-state index contributed by atoms with van der Waals surface area (Å²) in [5.41, 5.74) is 2.87. The molecule has 0 amide bonds. The van der Waals surface area contributed by atoms with Gasteiger partial charge in [-0.3, -0.25) is 4.79 Å². The first-order chi connectivity index (χ1) is 14.7. The van der Waals surface area contributed by atoms with Crippen molar-refractivity contribution in [3.63, 3.8) is 0 Å². The van der Waals surface area contributed by atoms with Crippen molar-refractivity contribution in [3.05, 3.63) is 115 Å². The van der Waals surface area contributed by atoms with E-state index in [4.69, 9.17) is 4.74 Å². The van der Waals surface area contributed by atoms with Crippen LogP contribution in [0.3, 0.4) is 0 Å². The average Bonchev–Trinajstić information content (AvgIpc) is 2.81. The number of hydrogen-bond donors (Lipinski definition) is 0. The zero-order valence-electron chi connectivity index (χ0n) is 16.1. The maximum absolute atomic E-state index is 12.5. The predicted octanol–water partition coefficient (Wildman–Crippen LogP) is 4.14. The molecule has 0 aliphatic heterocycles. The molecule has 0 saturated carbocycles. The summed E-state index contributed by atoms with van der Waals surface area (Å²) in [4.78, 5) is 28.9. The Morgan fingerprint density at radius 2 is 1.43 bits per heavy atom. The minimum Gasteiger partial charge on any atom is -0.422 e. The van der Waals surface area contributed by atoms with Crippen LogP contribution in [0.15, 0.2) is 104 Å². The Hall–Kier alpha value is -4.12. The lowest BCUT2D eigenvalue weighted by molar-refractivity contribution is -0.683. The molecule has 0 spiro atoms. The second-order valence-electron chi connectivity index (χ2n) is 6.68. The van der Waals surface area contributed by atoms with Crippen molar-refractivity contribution in [2.45, 2.75) is 6.54 Å². The molecule has 0 aliphatic carbocycles. The molecule has 0 aliphatic rings. The summed E-state index contributed by atoms with van der Waals surface area (Å²) < 4.78 is 7.06. The van der Waals surface area contributed by atoms with E-state index in [1.165, 1.54) is 12.4 Å². The van der Waals surface area contributed by atoms with Crippen LogP contribution in [-0.2, 0) is 6.54 Å². The van der Waals surface area contributed by atoms with E-state index in [1.54, 1.807) is 35.0 Å². The molecular weight excluding hydrogens is 376 g/mol. The first-order valence-corrected chi connectivity index (χ1v) is 9.50. The average molecular weight is 395 g/mol. The Bertz CT molecular complexity index is 1160. The van der Waals surface area contributed by atoms with Crippen molar-refractivity contribution in [3.8, 4) is 16.9 Å². The second kappa shape index (κ2) is 8.92. The number of aromatic nitrogens is 2. The molecular formula is C25H19N2O3+. The van der Waals surface area contributed by atoms with Crippen LogP contribution in [-0.4, -0.2) is 16.7 Å². The van der Waals surface area contributed by atoms with E-state index in [-0.39, 0.29) is 18.0 Å². The fraction of sp³-hybridized carbons (Fsp3) is 0.0400. The highest BCUT2D eigenvalue weighted by Gasteiger charge is 2.18. The first-order valence-electron chi connectivity index (χ1n) is 9.50. The lowest BCUT2D eigenvalue weighted by Crippen LogP contribution is -2.38. The van der Waals surface area contributed by atoms with E-state index in [0.717, 1.165) is 11.1 Å². The third-order valence-electron chi connectivity index (χ3n) is 4.56. The number of carbonyl (C=O) groups excluding carboxylic acids is 2. The Labute approximate surface area is 174 Å². The van der Waals surface area contributed by atoms with Gasteiger partial charge >= 0.3 is 5.97 Å². The summed E-state index contributed by atoms with van der Waals surface area (Å²) in [6.45, 7) is 0.110.